The maximum absolute atomic E-state index is 12.2. The summed E-state index contributed by atoms with van der Waals surface area (Å²) in [6.45, 7) is 4.00. The number of anilines is 1. The number of amides is 1. The van der Waals surface area contributed by atoms with Crippen LogP contribution in [0.2, 0.25) is 0 Å². The molecule has 4 nitrogen and oxygen atoms in total. The zero-order valence-corrected chi connectivity index (χ0v) is 13.1. The summed E-state index contributed by atoms with van der Waals surface area (Å²) in [5.74, 6) is 0.294. The Hall–Kier alpha value is -2.53. The Kier molecular flexibility index (Phi) is 3.98. The predicted octanol–water partition coefficient (Wildman–Crippen LogP) is 4.07. The zero-order valence-electron chi connectivity index (χ0n) is 12.3. The number of thiazole rings is 1. The minimum Gasteiger partial charge on any atom is -0.305 e. The van der Waals surface area contributed by atoms with Crippen molar-refractivity contribution in [1.82, 2.24) is 9.97 Å². The molecule has 1 N–H and O–H groups in total. The van der Waals surface area contributed by atoms with Gasteiger partial charge in [-0.2, -0.15) is 0 Å². The van der Waals surface area contributed by atoms with Crippen molar-refractivity contribution >= 4 is 23.1 Å². The van der Waals surface area contributed by atoms with Gasteiger partial charge in [0.15, 0.2) is 0 Å². The summed E-state index contributed by atoms with van der Waals surface area (Å²) in [7, 11) is 0. The molecule has 1 aromatic carbocycles. The molecule has 0 fully saturated rings. The van der Waals surface area contributed by atoms with E-state index in [9.17, 15) is 4.79 Å². The maximum atomic E-state index is 12.2. The minimum absolute atomic E-state index is 0.243. The standard InChI is InChI=1S/C17H15N3OS/c1-11-3-5-13(6-4-11)17-19-14(10-22-17)16(21)20-15-9-12(2)7-8-18-15/h3-10H,1-2H3,(H,18,20,21). The van der Waals surface area contributed by atoms with Crippen LogP contribution in [0.25, 0.3) is 10.6 Å². The van der Waals surface area contributed by atoms with Crippen LogP contribution in [0.1, 0.15) is 21.6 Å². The third kappa shape index (κ3) is 3.20. The third-order valence-corrected chi connectivity index (χ3v) is 4.08. The fraction of sp³-hybridized carbons (Fsp3) is 0.118. The van der Waals surface area contributed by atoms with Crippen LogP contribution >= 0.6 is 11.3 Å². The van der Waals surface area contributed by atoms with Crippen LogP contribution in [-0.2, 0) is 0 Å². The monoisotopic (exact) mass is 309 g/mol. The Morgan fingerprint density at radius 1 is 1.09 bits per heavy atom. The Morgan fingerprint density at radius 3 is 2.59 bits per heavy atom. The lowest BCUT2D eigenvalue weighted by atomic mass is 10.2. The molecule has 0 saturated carbocycles. The molecule has 3 rings (SSSR count). The van der Waals surface area contributed by atoms with Gasteiger partial charge < -0.3 is 5.32 Å². The molecular weight excluding hydrogens is 294 g/mol. The van der Waals surface area contributed by atoms with Crippen LogP contribution in [0, 0.1) is 13.8 Å². The zero-order chi connectivity index (χ0) is 15.5. The van der Waals surface area contributed by atoms with Crippen molar-refractivity contribution in [3.8, 4) is 10.6 Å². The van der Waals surface area contributed by atoms with E-state index in [0.29, 0.717) is 11.5 Å². The van der Waals surface area contributed by atoms with Gasteiger partial charge in [-0.15, -0.1) is 11.3 Å². The van der Waals surface area contributed by atoms with Crippen molar-refractivity contribution < 1.29 is 4.79 Å². The number of nitrogens with one attached hydrogen (secondary N) is 1. The van der Waals surface area contributed by atoms with Crippen molar-refractivity contribution in [3.05, 3.63) is 64.8 Å². The molecule has 0 saturated heterocycles. The van der Waals surface area contributed by atoms with Gasteiger partial charge in [-0.3, -0.25) is 4.79 Å². The van der Waals surface area contributed by atoms with E-state index in [1.807, 2.05) is 50.2 Å². The lowest BCUT2D eigenvalue weighted by Crippen LogP contribution is -2.13. The summed E-state index contributed by atoms with van der Waals surface area (Å²) < 4.78 is 0. The number of carbonyl (C=O) groups is 1. The Bertz CT molecular complexity index is 809. The number of aryl methyl sites for hydroxylation is 2. The first kappa shape index (κ1) is 14.4. The van der Waals surface area contributed by atoms with Crippen molar-refractivity contribution in [2.24, 2.45) is 0 Å². The highest BCUT2D eigenvalue weighted by Crippen LogP contribution is 2.24. The Labute approximate surface area is 132 Å². The molecule has 0 bridgehead atoms. The first-order chi connectivity index (χ1) is 10.6. The molecule has 0 aliphatic carbocycles. The lowest BCUT2D eigenvalue weighted by molar-refractivity contribution is 0.102. The average Bonchev–Trinajstić information content (AvgIpc) is 2.98. The Balaban J connectivity index is 1.78. The molecule has 0 atom stereocenters. The third-order valence-electron chi connectivity index (χ3n) is 3.19. The fourth-order valence-corrected chi connectivity index (χ4v) is 2.80. The summed E-state index contributed by atoms with van der Waals surface area (Å²) in [5.41, 5.74) is 3.67. The number of rotatable bonds is 3. The van der Waals surface area contributed by atoms with Crippen molar-refractivity contribution in [1.29, 1.82) is 0 Å². The molecular formula is C17H15N3OS. The summed E-state index contributed by atoms with van der Waals surface area (Å²) in [5, 5.41) is 5.37. The van der Waals surface area contributed by atoms with Crippen LogP contribution in [0.4, 0.5) is 5.82 Å². The molecule has 2 heterocycles. The second kappa shape index (κ2) is 6.07. The number of hydrogen-bond donors (Lipinski definition) is 1. The first-order valence-electron chi connectivity index (χ1n) is 6.88. The molecule has 22 heavy (non-hydrogen) atoms. The maximum Gasteiger partial charge on any atom is 0.276 e. The lowest BCUT2D eigenvalue weighted by Gasteiger charge is -2.02. The molecule has 0 spiro atoms. The van der Waals surface area contributed by atoms with E-state index in [-0.39, 0.29) is 5.91 Å². The van der Waals surface area contributed by atoms with Gasteiger partial charge in [0.1, 0.15) is 16.5 Å². The first-order valence-corrected chi connectivity index (χ1v) is 7.76. The van der Waals surface area contributed by atoms with Crippen LogP contribution in [0.3, 0.4) is 0 Å². The van der Waals surface area contributed by atoms with Gasteiger partial charge in [-0.05, 0) is 31.5 Å². The smallest absolute Gasteiger partial charge is 0.276 e. The molecule has 0 aliphatic heterocycles. The highest BCUT2D eigenvalue weighted by Gasteiger charge is 2.12. The average molecular weight is 309 g/mol. The van der Waals surface area contributed by atoms with Gasteiger partial charge in [0.05, 0.1) is 0 Å². The second-order valence-corrected chi connectivity index (χ2v) is 5.93. The van der Waals surface area contributed by atoms with Crippen LogP contribution in [-0.4, -0.2) is 15.9 Å². The normalized spacial score (nSPS) is 10.5. The Morgan fingerprint density at radius 2 is 1.86 bits per heavy atom. The number of benzene rings is 1. The highest BCUT2D eigenvalue weighted by atomic mass is 32.1. The van der Waals surface area contributed by atoms with Crippen LogP contribution in [0.15, 0.2) is 48.0 Å². The molecule has 0 aliphatic rings. The number of carbonyl (C=O) groups excluding carboxylic acids is 1. The largest absolute Gasteiger partial charge is 0.305 e. The van der Waals surface area contributed by atoms with Crippen LogP contribution in [0.5, 0.6) is 0 Å². The van der Waals surface area contributed by atoms with Crippen LogP contribution < -0.4 is 5.32 Å². The summed E-state index contributed by atoms with van der Waals surface area (Å²) in [4.78, 5) is 20.7. The minimum atomic E-state index is -0.243. The second-order valence-electron chi connectivity index (χ2n) is 5.08. The highest BCUT2D eigenvalue weighted by molar-refractivity contribution is 7.13. The molecule has 5 heteroatoms. The van der Waals surface area contributed by atoms with E-state index in [2.05, 4.69) is 15.3 Å². The van der Waals surface area contributed by atoms with E-state index in [1.54, 1.807) is 11.6 Å². The number of nitrogens with zero attached hydrogens (tertiary/aromatic N) is 2. The van der Waals surface area contributed by atoms with Gasteiger partial charge in [-0.25, -0.2) is 9.97 Å². The fourth-order valence-electron chi connectivity index (χ4n) is 1.99. The van der Waals surface area contributed by atoms with Crippen molar-refractivity contribution in [2.75, 3.05) is 5.32 Å². The molecule has 3 aromatic rings. The van der Waals surface area contributed by atoms with E-state index < -0.39 is 0 Å². The van der Waals surface area contributed by atoms with Gasteiger partial charge >= 0.3 is 0 Å². The summed E-state index contributed by atoms with van der Waals surface area (Å²) in [6.07, 6.45) is 1.67. The van der Waals surface area contributed by atoms with Gasteiger partial charge in [0.25, 0.3) is 5.91 Å². The van der Waals surface area contributed by atoms with E-state index in [1.165, 1.54) is 16.9 Å². The predicted molar refractivity (Wildman–Crippen MR) is 89.2 cm³/mol. The SMILES string of the molecule is Cc1ccc(-c2nc(C(=O)Nc3cc(C)ccn3)cs2)cc1. The summed E-state index contributed by atoms with van der Waals surface area (Å²) in [6, 6.07) is 11.8. The van der Waals surface area contributed by atoms with Gasteiger partial charge in [-0.1, -0.05) is 29.8 Å². The summed E-state index contributed by atoms with van der Waals surface area (Å²) >= 11 is 1.46. The number of pyridine rings is 1. The molecule has 110 valence electrons. The molecule has 0 unspecified atom stereocenters. The van der Waals surface area contributed by atoms with E-state index in [0.717, 1.165) is 16.1 Å². The van der Waals surface area contributed by atoms with Crippen molar-refractivity contribution in [3.63, 3.8) is 0 Å². The van der Waals surface area contributed by atoms with E-state index in [4.69, 9.17) is 0 Å². The molecule has 1 amide bonds. The van der Waals surface area contributed by atoms with E-state index >= 15 is 0 Å². The number of hydrogen-bond acceptors (Lipinski definition) is 4. The molecule has 2 aromatic heterocycles. The quantitative estimate of drug-likeness (QED) is 0.793. The number of aromatic nitrogens is 2. The van der Waals surface area contributed by atoms with Gasteiger partial charge in [0.2, 0.25) is 0 Å². The van der Waals surface area contributed by atoms with Crippen molar-refractivity contribution in [2.45, 2.75) is 13.8 Å². The topological polar surface area (TPSA) is 54.9 Å². The molecule has 0 radical (unpaired) electrons. The van der Waals surface area contributed by atoms with Gasteiger partial charge in [0, 0.05) is 17.1 Å².